The maximum absolute atomic E-state index is 11.4. The second kappa shape index (κ2) is 6.20. The molecular weight excluding hydrogens is 230 g/mol. The summed E-state index contributed by atoms with van der Waals surface area (Å²) < 4.78 is 25.2. The third kappa shape index (κ3) is 5.46. The van der Waals surface area contributed by atoms with Crippen LogP contribution in [0.1, 0.15) is 34.1 Å². The van der Waals surface area contributed by atoms with E-state index in [0.29, 0.717) is 6.42 Å². The molecule has 0 saturated heterocycles. The number of rotatable bonds is 7. The van der Waals surface area contributed by atoms with Crippen molar-refractivity contribution in [1.82, 2.24) is 4.72 Å². The zero-order chi connectivity index (χ0) is 12.9. The van der Waals surface area contributed by atoms with Crippen molar-refractivity contribution in [3.05, 3.63) is 0 Å². The van der Waals surface area contributed by atoms with E-state index in [2.05, 4.69) is 4.72 Å². The van der Waals surface area contributed by atoms with Gasteiger partial charge in [-0.15, -0.1) is 0 Å². The molecule has 6 heteroatoms. The fourth-order valence-corrected chi connectivity index (χ4v) is 1.99. The van der Waals surface area contributed by atoms with Crippen LogP contribution in [0.4, 0.5) is 0 Å². The summed E-state index contributed by atoms with van der Waals surface area (Å²) >= 11 is 0. The van der Waals surface area contributed by atoms with Crippen LogP contribution in [0.2, 0.25) is 0 Å². The Labute approximate surface area is 97.3 Å². The highest BCUT2D eigenvalue weighted by atomic mass is 32.2. The zero-order valence-corrected chi connectivity index (χ0v) is 11.0. The Morgan fingerprint density at radius 3 is 2.06 bits per heavy atom. The van der Waals surface area contributed by atoms with Crippen molar-refractivity contribution in [3.63, 3.8) is 0 Å². The van der Waals surface area contributed by atoms with Gasteiger partial charge in [0.2, 0.25) is 10.0 Å². The minimum absolute atomic E-state index is 0.0337. The Bertz CT molecular complexity index is 322. The lowest BCUT2D eigenvalue weighted by Crippen LogP contribution is -2.37. The van der Waals surface area contributed by atoms with Crippen LogP contribution in [-0.2, 0) is 14.8 Å². The topological polar surface area (TPSA) is 83.5 Å². The van der Waals surface area contributed by atoms with E-state index < -0.39 is 27.2 Å². The number of sulfonamides is 1. The van der Waals surface area contributed by atoms with Crippen molar-refractivity contribution >= 4 is 16.0 Å². The lowest BCUT2D eigenvalue weighted by Gasteiger charge is -2.16. The molecule has 0 aromatic rings. The number of hydrogen-bond acceptors (Lipinski definition) is 3. The van der Waals surface area contributed by atoms with Gasteiger partial charge >= 0.3 is 5.97 Å². The molecule has 5 nitrogen and oxygen atoms in total. The molecule has 0 spiro atoms. The minimum atomic E-state index is -3.38. The van der Waals surface area contributed by atoms with E-state index in [9.17, 15) is 13.2 Å². The van der Waals surface area contributed by atoms with Gasteiger partial charge in [-0.3, -0.25) is 4.79 Å². The Balaban J connectivity index is 4.39. The zero-order valence-electron chi connectivity index (χ0n) is 10.2. The molecule has 16 heavy (non-hydrogen) atoms. The van der Waals surface area contributed by atoms with Crippen LogP contribution in [0.5, 0.6) is 0 Å². The van der Waals surface area contributed by atoms with Gasteiger partial charge in [-0.1, -0.05) is 13.8 Å². The smallest absolute Gasteiger partial charge is 0.307 e. The highest BCUT2D eigenvalue weighted by molar-refractivity contribution is 7.90. The molecule has 0 radical (unpaired) electrons. The first-order valence-corrected chi connectivity index (χ1v) is 6.92. The van der Waals surface area contributed by atoms with Crippen molar-refractivity contribution < 1.29 is 18.3 Å². The van der Waals surface area contributed by atoms with Crippen molar-refractivity contribution in [2.75, 3.05) is 6.54 Å². The largest absolute Gasteiger partial charge is 0.481 e. The predicted octanol–water partition coefficient (Wildman–Crippen LogP) is 1.06. The quantitative estimate of drug-likeness (QED) is 0.708. The SMILES string of the molecule is CC(C)CC(CNS(=O)(=O)C(C)C)C(=O)O. The Morgan fingerprint density at radius 1 is 1.25 bits per heavy atom. The van der Waals surface area contributed by atoms with Crippen LogP contribution in [0.25, 0.3) is 0 Å². The van der Waals surface area contributed by atoms with Gasteiger partial charge in [0.15, 0.2) is 0 Å². The molecule has 0 amide bonds. The Morgan fingerprint density at radius 2 is 1.75 bits per heavy atom. The van der Waals surface area contributed by atoms with Crippen LogP contribution in [0.3, 0.4) is 0 Å². The molecular formula is C10H21NO4S. The van der Waals surface area contributed by atoms with Gasteiger partial charge in [0, 0.05) is 6.54 Å². The summed E-state index contributed by atoms with van der Waals surface area (Å²) in [6.07, 6.45) is 0.468. The summed E-state index contributed by atoms with van der Waals surface area (Å²) in [6, 6.07) is 0. The lowest BCUT2D eigenvalue weighted by atomic mass is 9.98. The van der Waals surface area contributed by atoms with Gasteiger partial charge in [-0.25, -0.2) is 13.1 Å². The van der Waals surface area contributed by atoms with Crippen LogP contribution in [0, 0.1) is 11.8 Å². The molecule has 0 heterocycles. The lowest BCUT2D eigenvalue weighted by molar-refractivity contribution is -0.142. The average molecular weight is 251 g/mol. The number of carboxylic acids is 1. The Kier molecular flexibility index (Phi) is 5.96. The van der Waals surface area contributed by atoms with Crippen molar-refractivity contribution in [3.8, 4) is 0 Å². The summed E-state index contributed by atoms with van der Waals surface area (Å²) in [7, 11) is -3.38. The fourth-order valence-electron chi connectivity index (χ4n) is 1.22. The Hall–Kier alpha value is -0.620. The van der Waals surface area contributed by atoms with E-state index in [1.165, 1.54) is 0 Å². The number of carbonyl (C=O) groups is 1. The van der Waals surface area contributed by atoms with Crippen molar-refractivity contribution in [2.45, 2.75) is 39.4 Å². The monoisotopic (exact) mass is 251 g/mol. The molecule has 0 aliphatic heterocycles. The molecule has 2 N–H and O–H groups in total. The summed E-state index contributed by atoms with van der Waals surface area (Å²) in [6.45, 7) is 6.90. The molecule has 96 valence electrons. The summed E-state index contributed by atoms with van der Waals surface area (Å²) in [5.74, 6) is -1.39. The summed E-state index contributed by atoms with van der Waals surface area (Å²) in [5.41, 5.74) is 0. The van der Waals surface area contributed by atoms with Crippen molar-refractivity contribution in [2.24, 2.45) is 11.8 Å². The molecule has 0 aromatic heterocycles. The molecule has 0 saturated carbocycles. The fraction of sp³-hybridized carbons (Fsp3) is 0.900. The van der Waals surface area contributed by atoms with Gasteiger partial charge in [0.25, 0.3) is 0 Å². The van der Waals surface area contributed by atoms with Gasteiger partial charge in [0.05, 0.1) is 11.2 Å². The summed E-state index contributed by atoms with van der Waals surface area (Å²) in [5, 5.41) is 8.38. The molecule has 0 rings (SSSR count). The van der Waals surface area contributed by atoms with Crippen LogP contribution < -0.4 is 4.72 Å². The number of carboxylic acid groups (broad SMARTS) is 1. The number of nitrogens with one attached hydrogen (secondary N) is 1. The van der Waals surface area contributed by atoms with E-state index in [-0.39, 0.29) is 12.5 Å². The highest BCUT2D eigenvalue weighted by Crippen LogP contribution is 2.11. The molecule has 1 unspecified atom stereocenters. The van der Waals surface area contributed by atoms with Gasteiger partial charge in [0.1, 0.15) is 0 Å². The van der Waals surface area contributed by atoms with Gasteiger partial charge in [-0.2, -0.15) is 0 Å². The maximum Gasteiger partial charge on any atom is 0.307 e. The minimum Gasteiger partial charge on any atom is -0.481 e. The normalized spacial score (nSPS) is 14.4. The molecule has 0 aromatic carbocycles. The first kappa shape index (κ1) is 15.4. The van der Waals surface area contributed by atoms with Gasteiger partial charge < -0.3 is 5.11 Å². The van der Waals surface area contributed by atoms with Gasteiger partial charge in [-0.05, 0) is 26.2 Å². The van der Waals surface area contributed by atoms with E-state index in [4.69, 9.17) is 5.11 Å². The first-order valence-electron chi connectivity index (χ1n) is 5.38. The van der Waals surface area contributed by atoms with Crippen LogP contribution >= 0.6 is 0 Å². The third-order valence-electron chi connectivity index (χ3n) is 2.26. The second-order valence-electron chi connectivity index (χ2n) is 4.61. The van der Waals surface area contributed by atoms with Crippen LogP contribution in [0.15, 0.2) is 0 Å². The standard InChI is InChI=1S/C10H21NO4S/c1-7(2)5-9(10(12)13)6-11-16(14,15)8(3)4/h7-9,11H,5-6H2,1-4H3,(H,12,13). The van der Waals surface area contributed by atoms with E-state index in [1.54, 1.807) is 13.8 Å². The van der Waals surface area contributed by atoms with E-state index >= 15 is 0 Å². The van der Waals surface area contributed by atoms with Crippen LogP contribution in [-0.4, -0.2) is 31.3 Å². The number of hydrogen-bond donors (Lipinski definition) is 2. The first-order chi connectivity index (χ1) is 7.16. The molecule has 1 atom stereocenters. The average Bonchev–Trinajstić information content (AvgIpc) is 2.10. The van der Waals surface area contributed by atoms with E-state index in [1.807, 2.05) is 13.8 Å². The van der Waals surface area contributed by atoms with Crippen molar-refractivity contribution in [1.29, 1.82) is 0 Å². The van der Waals surface area contributed by atoms with E-state index in [0.717, 1.165) is 0 Å². The molecule has 0 bridgehead atoms. The predicted molar refractivity (Wildman–Crippen MR) is 62.6 cm³/mol. The highest BCUT2D eigenvalue weighted by Gasteiger charge is 2.23. The second-order valence-corrected chi connectivity index (χ2v) is 6.93. The molecule has 0 fully saturated rings. The molecule has 0 aliphatic carbocycles. The maximum atomic E-state index is 11.4. The summed E-state index contributed by atoms with van der Waals surface area (Å²) in [4.78, 5) is 10.9. The molecule has 0 aliphatic rings. The number of aliphatic carboxylic acids is 1. The third-order valence-corrected chi connectivity index (χ3v) is 4.07.